The van der Waals surface area contributed by atoms with Crippen molar-refractivity contribution in [2.24, 2.45) is 0 Å². The van der Waals surface area contributed by atoms with E-state index in [1.165, 1.54) is 16.4 Å². The Labute approximate surface area is 175 Å². The van der Waals surface area contributed by atoms with Gasteiger partial charge in [-0.2, -0.15) is 4.31 Å². The van der Waals surface area contributed by atoms with Crippen LogP contribution in [0.15, 0.2) is 47.4 Å². The summed E-state index contributed by atoms with van der Waals surface area (Å²) in [5.74, 6) is 1.35. The second-order valence-electron chi connectivity index (χ2n) is 6.60. The van der Waals surface area contributed by atoms with Crippen molar-refractivity contribution in [2.45, 2.75) is 24.7 Å². The molecule has 1 fully saturated rings. The van der Waals surface area contributed by atoms with Gasteiger partial charge >= 0.3 is 5.69 Å². The van der Waals surface area contributed by atoms with E-state index in [9.17, 15) is 18.5 Å². The van der Waals surface area contributed by atoms with E-state index < -0.39 is 20.6 Å². The van der Waals surface area contributed by atoms with Gasteiger partial charge in [-0.1, -0.05) is 0 Å². The van der Waals surface area contributed by atoms with Gasteiger partial charge in [0.25, 0.3) is 0 Å². The SMILES string of the molecule is CCOc1ccc(OCCOc2ccc(S(=O)(=O)N3CCCC3)cc2[N+](=O)[O-])cc1. The minimum absolute atomic E-state index is 0.00401. The topological polar surface area (TPSA) is 108 Å². The predicted molar refractivity (Wildman–Crippen MR) is 110 cm³/mol. The molecule has 0 bridgehead atoms. The molecular weight excluding hydrogens is 412 g/mol. The van der Waals surface area contributed by atoms with Crippen molar-refractivity contribution in [3.63, 3.8) is 0 Å². The van der Waals surface area contributed by atoms with Gasteiger partial charge in [0, 0.05) is 19.2 Å². The molecule has 0 saturated carbocycles. The molecule has 162 valence electrons. The van der Waals surface area contributed by atoms with Crippen LogP contribution < -0.4 is 14.2 Å². The van der Waals surface area contributed by atoms with E-state index >= 15 is 0 Å². The fourth-order valence-corrected chi connectivity index (χ4v) is 4.65. The first-order chi connectivity index (χ1) is 14.4. The van der Waals surface area contributed by atoms with Crippen LogP contribution in [0.25, 0.3) is 0 Å². The maximum atomic E-state index is 12.6. The van der Waals surface area contributed by atoms with Crippen molar-refractivity contribution in [3.8, 4) is 17.2 Å². The van der Waals surface area contributed by atoms with Crippen molar-refractivity contribution in [2.75, 3.05) is 32.9 Å². The van der Waals surface area contributed by atoms with Crippen molar-refractivity contribution in [3.05, 3.63) is 52.6 Å². The lowest BCUT2D eigenvalue weighted by Crippen LogP contribution is -2.27. The molecule has 0 spiro atoms. The van der Waals surface area contributed by atoms with Gasteiger partial charge in [0.15, 0.2) is 5.75 Å². The van der Waals surface area contributed by atoms with E-state index in [0.29, 0.717) is 25.4 Å². The smallest absolute Gasteiger partial charge is 0.312 e. The van der Waals surface area contributed by atoms with Gasteiger partial charge < -0.3 is 14.2 Å². The third-order valence-electron chi connectivity index (χ3n) is 4.57. The van der Waals surface area contributed by atoms with Crippen LogP contribution >= 0.6 is 0 Å². The summed E-state index contributed by atoms with van der Waals surface area (Å²) in [6.45, 7) is 3.56. The summed E-state index contributed by atoms with van der Waals surface area (Å²) in [6, 6.07) is 10.8. The van der Waals surface area contributed by atoms with E-state index in [0.717, 1.165) is 24.7 Å². The third-order valence-corrected chi connectivity index (χ3v) is 6.47. The van der Waals surface area contributed by atoms with Gasteiger partial charge in [0.1, 0.15) is 24.7 Å². The number of ether oxygens (including phenoxy) is 3. The minimum Gasteiger partial charge on any atom is -0.494 e. The van der Waals surface area contributed by atoms with Crippen LogP contribution in [0.1, 0.15) is 19.8 Å². The van der Waals surface area contributed by atoms with Crippen LogP contribution in [0.2, 0.25) is 0 Å². The van der Waals surface area contributed by atoms with Crippen molar-refractivity contribution >= 4 is 15.7 Å². The van der Waals surface area contributed by atoms with Gasteiger partial charge in [-0.25, -0.2) is 8.42 Å². The standard InChI is InChI=1S/C20H24N2O7S/c1-2-27-16-5-7-17(8-6-16)28-13-14-29-20-10-9-18(15-19(20)22(23)24)30(25,26)21-11-3-4-12-21/h5-10,15H,2-4,11-14H2,1H3. The van der Waals surface area contributed by atoms with Gasteiger partial charge in [0.05, 0.1) is 16.4 Å². The highest BCUT2D eigenvalue weighted by Crippen LogP contribution is 2.31. The molecule has 3 rings (SSSR count). The normalized spacial score (nSPS) is 14.4. The minimum atomic E-state index is -3.74. The summed E-state index contributed by atoms with van der Waals surface area (Å²) < 4.78 is 43.0. The summed E-state index contributed by atoms with van der Waals surface area (Å²) in [5, 5.41) is 11.4. The second kappa shape index (κ2) is 9.77. The number of nitro benzene ring substituents is 1. The summed E-state index contributed by atoms with van der Waals surface area (Å²) in [7, 11) is -3.74. The predicted octanol–water partition coefficient (Wildman–Crippen LogP) is 3.24. The van der Waals surface area contributed by atoms with E-state index in [1.54, 1.807) is 24.3 Å². The average molecular weight is 436 g/mol. The van der Waals surface area contributed by atoms with Crippen LogP contribution in [0, 0.1) is 10.1 Å². The summed E-state index contributed by atoms with van der Waals surface area (Å²) in [5.41, 5.74) is -0.392. The highest BCUT2D eigenvalue weighted by atomic mass is 32.2. The largest absolute Gasteiger partial charge is 0.494 e. The molecule has 1 aliphatic heterocycles. The van der Waals surface area contributed by atoms with Crippen molar-refractivity contribution < 1.29 is 27.6 Å². The molecule has 10 heteroatoms. The van der Waals surface area contributed by atoms with Crippen LogP contribution in [0.3, 0.4) is 0 Å². The van der Waals surface area contributed by atoms with Crippen LogP contribution in [0.4, 0.5) is 5.69 Å². The summed E-state index contributed by atoms with van der Waals surface area (Å²) >= 11 is 0. The molecule has 0 N–H and O–H groups in total. The lowest BCUT2D eigenvalue weighted by atomic mass is 10.3. The van der Waals surface area contributed by atoms with Gasteiger partial charge in [-0.3, -0.25) is 10.1 Å². The van der Waals surface area contributed by atoms with E-state index in [4.69, 9.17) is 14.2 Å². The van der Waals surface area contributed by atoms with E-state index in [-0.39, 0.29) is 23.9 Å². The molecule has 30 heavy (non-hydrogen) atoms. The Morgan fingerprint density at radius 3 is 2.17 bits per heavy atom. The zero-order chi connectivity index (χ0) is 21.6. The molecule has 0 aliphatic carbocycles. The summed E-state index contributed by atoms with van der Waals surface area (Å²) in [4.78, 5) is 10.7. The number of benzene rings is 2. The monoisotopic (exact) mass is 436 g/mol. The Morgan fingerprint density at radius 1 is 0.967 bits per heavy atom. The number of hydrogen-bond donors (Lipinski definition) is 0. The number of nitro groups is 1. The maximum absolute atomic E-state index is 12.6. The molecule has 0 atom stereocenters. The van der Waals surface area contributed by atoms with Gasteiger partial charge in [-0.05, 0) is 56.2 Å². The fraction of sp³-hybridized carbons (Fsp3) is 0.400. The van der Waals surface area contributed by atoms with Gasteiger partial charge in [-0.15, -0.1) is 0 Å². The first-order valence-corrected chi connectivity index (χ1v) is 11.1. The zero-order valence-corrected chi connectivity index (χ0v) is 17.5. The lowest BCUT2D eigenvalue weighted by molar-refractivity contribution is -0.386. The molecule has 1 aliphatic rings. The van der Waals surface area contributed by atoms with Crippen molar-refractivity contribution in [1.82, 2.24) is 4.31 Å². The molecule has 0 amide bonds. The van der Waals surface area contributed by atoms with Crippen LogP contribution in [0.5, 0.6) is 17.2 Å². The molecule has 1 saturated heterocycles. The lowest BCUT2D eigenvalue weighted by Gasteiger charge is -2.16. The molecule has 0 aromatic heterocycles. The number of sulfonamides is 1. The molecule has 2 aromatic rings. The third kappa shape index (κ3) is 5.19. The Kier molecular flexibility index (Phi) is 7.11. The van der Waals surface area contributed by atoms with Crippen molar-refractivity contribution in [1.29, 1.82) is 0 Å². The highest BCUT2D eigenvalue weighted by molar-refractivity contribution is 7.89. The first-order valence-electron chi connectivity index (χ1n) is 9.69. The second-order valence-corrected chi connectivity index (χ2v) is 8.54. The molecule has 9 nitrogen and oxygen atoms in total. The number of nitrogens with zero attached hydrogens (tertiary/aromatic N) is 2. The van der Waals surface area contributed by atoms with E-state index in [2.05, 4.69) is 0 Å². The highest BCUT2D eigenvalue weighted by Gasteiger charge is 2.29. The zero-order valence-electron chi connectivity index (χ0n) is 16.7. The quantitative estimate of drug-likeness (QED) is 0.320. The van der Waals surface area contributed by atoms with Gasteiger partial charge in [0.2, 0.25) is 10.0 Å². The van der Waals surface area contributed by atoms with Crippen LogP contribution in [-0.4, -0.2) is 50.6 Å². The first kappa shape index (κ1) is 21.8. The fourth-order valence-electron chi connectivity index (χ4n) is 3.11. The van der Waals surface area contributed by atoms with Crippen LogP contribution in [-0.2, 0) is 10.0 Å². The number of hydrogen-bond acceptors (Lipinski definition) is 7. The molecule has 1 heterocycles. The number of rotatable bonds is 10. The average Bonchev–Trinajstić information content (AvgIpc) is 3.28. The van der Waals surface area contributed by atoms with E-state index in [1.807, 2.05) is 6.92 Å². The Hall–Kier alpha value is -2.85. The maximum Gasteiger partial charge on any atom is 0.312 e. The Bertz CT molecular complexity index is 971. The Morgan fingerprint density at radius 2 is 1.57 bits per heavy atom. The molecule has 0 unspecified atom stereocenters. The Balaban J connectivity index is 1.62. The summed E-state index contributed by atoms with van der Waals surface area (Å²) in [6.07, 6.45) is 1.58. The molecular formula is C20H24N2O7S. The molecule has 2 aromatic carbocycles. The molecule has 0 radical (unpaired) electrons.